The van der Waals surface area contributed by atoms with E-state index in [0.29, 0.717) is 6.04 Å². The van der Waals surface area contributed by atoms with E-state index in [2.05, 4.69) is 52.2 Å². The zero-order valence-corrected chi connectivity index (χ0v) is 11.9. The number of benzene rings is 1. The van der Waals surface area contributed by atoms with Crippen LogP contribution in [-0.4, -0.2) is 35.2 Å². The highest BCUT2D eigenvalue weighted by Crippen LogP contribution is 2.10. The molecule has 4 heteroatoms. The summed E-state index contributed by atoms with van der Waals surface area (Å²) < 4.78 is 2.20. The Morgan fingerprint density at radius 1 is 1.16 bits per heavy atom. The summed E-state index contributed by atoms with van der Waals surface area (Å²) in [4.78, 5) is 4.39. The Labute approximate surface area is 115 Å². The summed E-state index contributed by atoms with van der Waals surface area (Å²) in [5.74, 6) is 0. The molecule has 1 aromatic heterocycles. The first-order chi connectivity index (χ1) is 9.27. The number of aromatic nitrogens is 2. The van der Waals surface area contributed by atoms with Gasteiger partial charge in [0.2, 0.25) is 0 Å². The molecule has 0 bridgehead atoms. The van der Waals surface area contributed by atoms with Gasteiger partial charge < -0.3 is 15.2 Å². The van der Waals surface area contributed by atoms with Crippen LogP contribution in [0, 0.1) is 0 Å². The molecular formula is C15H24N4. The minimum atomic E-state index is 0.581. The van der Waals surface area contributed by atoms with E-state index in [1.54, 1.807) is 0 Å². The first-order valence-corrected chi connectivity index (χ1v) is 7.11. The monoisotopic (exact) mass is 260 g/mol. The molecule has 0 atom stereocenters. The fourth-order valence-corrected chi connectivity index (χ4v) is 2.12. The normalized spacial score (nSPS) is 11.5. The Hall–Kier alpha value is -1.39. The SMILES string of the molecule is CC(C)NCCCNCCn1cnc2ccccc21. The second-order valence-corrected chi connectivity index (χ2v) is 5.14. The van der Waals surface area contributed by atoms with E-state index in [0.717, 1.165) is 31.7 Å². The summed E-state index contributed by atoms with van der Waals surface area (Å²) in [5, 5.41) is 6.89. The summed E-state index contributed by atoms with van der Waals surface area (Å²) >= 11 is 0. The van der Waals surface area contributed by atoms with E-state index < -0.39 is 0 Å². The molecule has 2 rings (SSSR count). The van der Waals surface area contributed by atoms with Gasteiger partial charge in [-0.3, -0.25) is 0 Å². The molecule has 19 heavy (non-hydrogen) atoms. The van der Waals surface area contributed by atoms with Crippen molar-refractivity contribution in [2.45, 2.75) is 32.9 Å². The molecule has 0 saturated carbocycles. The van der Waals surface area contributed by atoms with E-state index in [4.69, 9.17) is 0 Å². The van der Waals surface area contributed by atoms with Crippen LogP contribution in [0.3, 0.4) is 0 Å². The first kappa shape index (κ1) is 14.0. The molecule has 0 unspecified atom stereocenters. The van der Waals surface area contributed by atoms with Gasteiger partial charge in [0.25, 0.3) is 0 Å². The fourth-order valence-electron chi connectivity index (χ4n) is 2.12. The summed E-state index contributed by atoms with van der Waals surface area (Å²) in [6, 6.07) is 8.84. The summed E-state index contributed by atoms with van der Waals surface area (Å²) in [7, 11) is 0. The molecule has 0 saturated heterocycles. The van der Waals surface area contributed by atoms with Crippen LogP contribution in [0.4, 0.5) is 0 Å². The van der Waals surface area contributed by atoms with Crippen molar-refractivity contribution in [1.29, 1.82) is 0 Å². The molecule has 0 aliphatic carbocycles. The summed E-state index contributed by atoms with van der Waals surface area (Å²) in [6.45, 7) is 8.46. The van der Waals surface area contributed by atoms with Crippen LogP contribution in [0.15, 0.2) is 30.6 Å². The largest absolute Gasteiger partial charge is 0.329 e. The lowest BCUT2D eigenvalue weighted by molar-refractivity contribution is 0.536. The Kier molecular flexibility index (Phi) is 5.36. The van der Waals surface area contributed by atoms with Crippen molar-refractivity contribution in [3.8, 4) is 0 Å². The standard InChI is InChI=1S/C15H24N4/c1-13(2)17-9-5-8-16-10-11-19-12-18-14-6-3-4-7-15(14)19/h3-4,6-7,12-13,16-17H,5,8-11H2,1-2H3. The van der Waals surface area contributed by atoms with Gasteiger partial charge in [-0.1, -0.05) is 26.0 Å². The van der Waals surface area contributed by atoms with Gasteiger partial charge in [-0.05, 0) is 31.6 Å². The minimum absolute atomic E-state index is 0.581. The van der Waals surface area contributed by atoms with E-state index in [9.17, 15) is 0 Å². The van der Waals surface area contributed by atoms with Crippen LogP contribution in [-0.2, 0) is 6.54 Å². The van der Waals surface area contributed by atoms with Crippen LogP contribution in [0.2, 0.25) is 0 Å². The third kappa shape index (κ3) is 4.33. The zero-order chi connectivity index (χ0) is 13.5. The minimum Gasteiger partial charge on any atom is -0.329 e. The van der Waals surface area contributed by atoms with E-state index in [1.165, 1.54) is 11.9 Å². The second kappa shape index (κ2) is 7.26. The molecule has 0 spiro atoms. The van der Waals surface area contributed by atoms with Gasteiger partial charge >= 0.3 is 0 Å². The van der Waals surface area contributed by atoms with Gasteiger partial charge in [0.15, 0.2) is 0 Å². The number of rotatable bonds is 8. The molecule has 0 radical (unpaired) electrons. The number of nitrogens with one attached hydrogen (secondary N) is 2. The summed E-state index contributed by atoms with van der Waals surface area (Å²) in [6.07, 6.45) is 3.09. The number of para-hydroxylation sites is 2. The zero-order valence-electron chi connectivity index (χ0n) is 11.9. The van der Waals surface area contributed by atoms with E-state index in [-0.39, 0.29) is 0 Å². The predicted molar refractivity (Wildman–Crippen MR) is 80.4 cm³/mol. The molecule has 0 amide bonds. The molecule has 0 aliphatic heterocycles. The molecule has 1 aromatic carbocycles. The van der Waals surface area contributed by atoms with Crippen molar-refractivity contribution in [3.05, 3.63) is 30.6 Å². The lowest BCUT2D eigenvalue weighted by Crippen LogP contribution is -2.28. The fraction of sp³-hybridized carbons (Fsp3) is 0.533. The first-order valence-electron chi connectivity index (χ1n) is 7.11. The van der Waals surface area contributed by atoms with E-state index >= 15 is 0 Å². The van der Waals surface area contributed by atoms with Gasteiger partial charge in [-0.15, -0.1) is 0 Å². The number of imidazole rings is 1. The van der Waals surface area contributed by atoms with Crippen molar-refractivity contribution in [3.63, 3.8) is 0 Å². The Bertz CT molecular complexity index is 490. The third-order valence-electron chi connectivity index (χ3n) is 3.14. The van der Waals surface area contributed by atoms with Crippen molar-refractivity contribution in [2.24, 2.45) is 0 Å². The van der Waals surface area contributed by atoms with Crippen molar-refractivity contribution in [2.75, 3.05) is 19.6 Å². The topological polar surface area (TPSA) is 41.9 Å². The highest BCUT2D eigenvalue weighted by atomic mass is 15.1. The maximum atomic E-state index is 4.39. The quantitative estimate of drug-likeness (QED) is 0.714. The van der Waals surface area contributed by atoms with E-state index in [1.807, 2.05) is 12.4 Å². The Morgan fingerprint density at radius 2 is 2.00 bits per heavy atom. The molecule has 0 fully saturated rings. The average Bonchev–Trinajstić information content (AvgIpc) is 2.81. The molecular weight excluding hydrogens is 236 g/mol. The Morgan fingerprint density at radius 3 is 2.84 bits per heavy atom. The molecule has 4 nitrogen and oxygen atoms in total. The van der Waals surface area contributed by atoms with Crippen LogP contribution < -0.4 is 10.6 Å². The maximum Gasteiger partial charge on any atom is 0.0958 e. The Balaban J connectivity index is 1.66. The summed E-state index contributed by atoms with van der Waals surface area (Å²) in [5.41, 5.74) is 2.29. The van der Waals surface area contributed by atoms with Crippen LogP contribution in [0.25, 0.3) is 11.0 Å². The number of nitrogens with zero attached hydrogens (tertiary/aromatic N) is 2. The van der Waals surface area contributed by atoms with Crippen LogP contribution in [0.5, 0.6) is 0 Å². The van der Waals surface area contributed by atoms with Crippen LogP contribution in [0.1, 0.15) is 20.3 Å². The lowest BCUT2D eigenvalue weighted by Gasteiger charge is -2.09. The number of fused-ring (bicyclic) bond motifs is 1. The van der Waals surface area contributed by atoms with Crippen molar-refractivity contribution >= 4 is 11.0 Å². The van der Waals surface area contributed by atoms with Gasteiger partial charge in [0.05, 0.1) is 17.4 Å². The molecule has 1 heterocycles. The van der Waals surface area contributed by atoms with Gasteiger partial charge in [-0.2, -0.15) is 0 Å². The van der Waals surface area contributed by atoms with Gasteiger partial charge in [0, 0.05) is 19.1 Å². The van der Waals surface area contributed by atoms with Crippen molar-refractivity contribution < 1.29 is 0 Å². The van der Waals surface area contributed by atoms with Gasteiger partial charge in [-0.25, -0.2) is 4.98 Å². The third-order valence-corrected chi connectivity index (χ3v) is 3.14. The highest BCUT2D eigenvalue weighted by Gasteiger charge is 2.00. The highest BCUT2D eigenvalue weighted by molar-refractivity contribution is 5.74. The molecule has 0 aliphatic rings. The maximum absolute atomic E-state index is 4.39. The van der Waals surface area contributed by atoms with Crippen molar-refractivity contribution in [1.82, 2.24) is 20.2 Å². The second-order valence-electron chi connectivity index (χ2n) is 5.14. The van der Waals surface area contributed by atoms with Gasteiger partial charge in [0.1, 0.15) is 0 Å². The number of hydrogen-bond donors (Lipinski definition) is 2. The smallest absolute Gasteiger partial charge is 0.0958 e. The van der Waals surface area contributed by atoms with Crippen LogP contribution >= 0.6 is 0 Å². The lowest BCUT2D eigenvalue weighted by atomic mass is 10.3. The predicted octanol–water partition coefficient (Wildman–Crippen LogP) is 2.01. The average molecular weight is 260 g/mol. The number of hydrogen-bond acceptors (Lipinski definition) is 3. The molecule has 2 N–H and O–H groups in total. The molecule has 104 valence electrons. The molecule has 2 aromatic rings.